The molecule has 18 heavy (non-hydrogen) atoms. The van der Waals surface area contributed by atoms with Crippen LogP contribution in [0.2, 0.25) is 0 Å². The number of nitrogens with one attached hydrogen (secondary N) is 1. The number of rotatable bonds is 6. The van der Waals surface area contributed by atoms with Gasteiger partial charge < -0.3 is 10.5 Å². The molecular formula is C10H16N2O4S2. The molecule has 0 saturated carbocycles. The molecule has 0 heterocycles. The van der Waals surface area contributed by atoms with Crippen molar-refractivity contribution in [1.29, 1.82) is 0 Å². The summed E-state index contributed by atoms with van der Waals surface area (Å²) < 4.78 is 41.9. The molecule has 1 aromatic rings. The van der Waals surface area contributed by atoms with Gasteiger partial charge in [0.1, 0.15) is 5.75 Å². The number of hydrogen-bond donors (Lipinski definition) is 2. The molecule has 1 unspecified atom stereocenters. The molecule has 0 bridgehead atoms. The average Bonchev–Trinajstić information content (AvgIpc) is 2.28. The first kappa shape index (κ1) is 14.9. The van der Waals surface area contributed by atoms with Crippen LogP contribution in [0.4, 0.5) is 5.69 Å². The van der Waals surface area contributed by atoms with Gasteiger partial charge in [-0.1, -0.05) is 0 Å². The first-order valence-corrected chi connectivity index (χ1v) is 8.31. The summed E-state index contributed by atoms with van der Waals surface area (Å²) in [6.45, 7) is 0.122. The van der Waals surface area contributed by atoms with Gasteiger partial charge >= 0.3 is 0 Å². The third-order valence-corrected chi connectivity index (χ3v) is 4.43. The molecule has 8 heteroatoms. The third kappa shape index (κ3) is 3.97. The molecule has 3 N–H and O–H groups in total. The molecule has 0 amide bonds. The van der Waals surface area contributed by atoms with Gasteiger partial charge in [-0.3, -0.25) is 4.21 Å². The van der Waals surface area contributed by atoms with E-state index in [-0.39, 0.29) is 22.9 Å². The highest BCUT2D eigenvalue weighted by atomic mass is 32.2. The van der Waals surface area contributed by atoms with E-state index in [1.807, 2.05) is 0 Å². The van der Waals surface area contributed by atoms with Crippen LogP contribution in [0.25, 0.3) is 0 Å². The van der Waals surface area contributed by atoms with Gasteiger partial charge in [0, 0.05) is 29.4 Å². The summed E-state index contributed by atoms with van der Waals surface area (Å²) in [6.07, 6.45) is 1.51. The summed E-state index contributed by atoms with van der Waals surface area (Å²) in [7, 11) is -3.21. The van der Waals surface area contributed by atoms with Crippen LogP contribution in [0.15, 0.2) is 23.1 Å². The predicted octanol–water partition coefficient (Wildman–Crippen LogP) is -0.0658. The highest BCUT2D eigenvalue weighted by molar-refractivity contribution is 7.89. The van der Waals surface area contributed by atoms with Crippen molar-refractivity contribution in [3.63, 3.8) is 0 Å². The number of sulfonamides is 1. The lowest BCUT2D eigenvalue weighted by atomic mass is 10.3. The quantitative estimate of drug-likeness (QED) is 0.715. The summed E-state index contributed by atoms with van der Waals surface area (Å²) in [5, 5.41) is 0. The maximum absolute atomic E-state index is 11.9. The molecule has 0 fully saturated rings. The number of nitrogens with two attached hydrogens (primary N) is 1. The van der Waals surface area contributed by atoms with E-state index < -0.39 is 20.8 Å². The molecule has 0 aliphatic carbocycles. The Labute approximate surface area is 109 Å². The molecule has 0 aliphatic heterocycles. The van der Waals surface area contributed by atoms with Crippen LogP contribution in [0, 0.1) is 0 Å². The highest BCUT2D eigenvalue weighted by Crippen LogP contribution is 2.24. The van der Waals surface area contributed by atoms with E-state index >= 15 is 0 Å². The summed E-state index contributed by atoms with van der Waals surface area (Å²) in [5.41, 5.74) is 5.89. The number of nitrogen functional groups attached to an aromatic ring is 1. The molecule has 1 rings (SSSR count). The topological polar surface area (TPSA) is 98.5 Å². The van der Waals surface area contributed by atoms with Crippen molar-refractivity contribution in [3.05, 3.63) is 18.2 Å². The number of anilines is 1. The second-order valence-corrected chi connectivity index (χ2v) is 6.90. The molecule has 0 saturated heterocycles. The van der Waals surface area contributed by atoms with Gasteiger partial charge in [-0.2, -0.15) is 0 Å². The third-order valence-electron chi connectivity index (χ3n) is 2.19. The Balaban J connectivity index is 2.85. The Morgan fingerprint density at radius 3 is 2.61 bits per heavy atom. The second kappa shape index (κ2) is 6.17. The van der Waals surface area contributed by atoms with E-state index in [4.69, 9.17) is 10.5 Å². The Morgan fingerprint density at radius 2 is 2.11 bits per heavy atom. The van der Waals surface area contributed by atoms with Crippen LogP contribution in [0.1, 0.15) is 0 Å². The second-order valence-electron chi connectivity index (χ2n) is 3.58. The van der Waals surface area contributed by atoms with E-state index in [0.717, 1.165) is 0 Å². The van der Waals surface area contributed by atoms with Crippen molar-refractivity contribution in [3.8, 4) is 5.75 Å². The predicted molar refractivity (Wildman–Crippen MR) is 71.5 cm³/mol. The Hall–Kier alpha value is -1.12. The van der Waals surface area contributed by atoms with Gasteiger partial charge in [0.25, 0.3) is 0 Å². The maximum Gasteiger partial charge on any atom is 0.240 e. The maximum atomic E-state index is 11.9. The van der Waals surface area contributed by atoms with Crippen LogP contribution in [0.5, 0.6) is 5.75 Å². The number of ether oxygens (including phenoxy) is 1. The Kier molecular flexibility index (Phi) is 5.12. The van der Waals surface area contributed by atoms with E-state index in [1.165, 1.54) is 31.6 Å². The van der Waals surface area contributed by atoms with Crippen molar-refractivity contribution in [1.82, 2.24) is 4.72 Å². The zero-order chi connectivity index (χ0) is 13.8. The molecule has 102 valence electrons. The van der Waals surface area contributed by atoms with Crippen LogP contribution in [0.3, 0.4) is 0 Å². The summed E-state index contributed by atoms with van der Waals surface area (Å²) in [4.78, 5) is 0.0580. The standard InChI is InChI=1S/C10H16N2O4S2/c1-16-10-4-3-8(7-9(10)11)18(14,15)12-5-6-17(2)13/h3-4,7,12H,5-6,11H2,1-2H3. The minimum absolute atomic E-state index is 0.0580. The molecule has 1 aromatic carbocycles. The zero-order valence-corrected chi connectivity index (χ0v) is 11.8. The van der Waals surface area contributed by atoms with Gasteiger partial charge in [-0.25, -0.2) is 13.1 Å². The van der Waals surface area contributed by atoms with Crippen molar-refractivity contribution in [2.75, 3.05) is 31.4 Å². The fourth-order valence-electron chi connectivity index (χ4n) is 1.28. The first-order valence-electron chi connectivity index (χ1n) is 5.10. The van der Waals surface area contributed by atoms with Gasteiger partial charge in [-0.15, -0.1) is 0 Å². The zero-order valence-electron chi connectivity index (χ0n) is 10.2. The minimum atomic E-state index is -3.62. The first-order chi connectivity index (χ1) is 8.36. The van der Waals surface area contributed by atoms with Crippen molar-refractivity contribution < 1.29 is 17.4 Å². The van der Waals surface area contributed by atoms with Gasteiger partial charge in [0.05, 0.1) is 17.7 Å². The number of benzene rings is 1. The lowest BCUT2D eigenvalue weighted by Gasteiger charge is -2.09. The van der Waals surface area contributed by atoms with E-state index in [9.17, 15) is 12.6 Å². The lowest BCUT2D eigenvalue weighted by molar-refractivity contribution is 0.416. The molecule has 0 aliphatic rings. The molecule has 1 atom stereocenters. The van der Waals surface area contributed by atoms with Crippen molar-refractivity contribution in [2.24, 2.45) is 0 Å². The molecule has 0 radical (unpaired) electrons. The van der Waals surface area contributed by atoms with Gasteiger partial charge in [0.15, 0.2) is 0 Å². The molecular weight excluding hydrogens is 276 g/mol. The summed E-state index contributed by atoms with van der Waals surface area (Å²) in [5.74, 6) is 0.689. The van der Waals surface area contributed by atoms with Gasteiger partial charge in [-0.05, 0) is 18.2 Å². The molecule has 0 spiro atoms. The smallest absolute Gasteiger partial charge is 0.240 e. The summed E-state index contributed by atoms with van der Waals surface area (Å²) in [6, 6.07) is 4.21. The average molecular weight is 292 g/mol. The lowest BCUT2D eigenvalue weighted by Crippen LogP contribution is -2.27. The van der Waals surface area contributed by atoms with Crippen molar-refractivity contribution in [2.45, 2.75) is 4.90 Å². The monoisotopic (exact) mass is 292 g/mol. The SMILES string of the molecule is COc1ccc(S(=O)(=O)NCCS(C)=O)cc1N. The number of methoxy groups -OCH3 is 1. The highest BCUT2D eigenvalue weighted by Gasteiger charge is 2.15. The Morgan fingerprint density at radius 1 is 1.44 bits per heavy atom. The van der Waals surface area contributed by atoms with Gasteiger partial charge in [0.2, 0.25) is 10.0 Å². The largest absolute Gasteiger partial charge is 0.495 e. The number of hydrogen-bond acceptors (Lipinski definition) is 5. The van der Waals surface area contributed by atoms with Crippen molar-refractivity contribution >= 4 is 26.5 Å². The molecule has 6 nitrogen and oxygen atoms in total. The normalized spacial score (nSPS) is 13.2. The van der Waals surface area contributed by atoms with E-state index in [1.54, 1.807) is 0 Å². The van der Waals surface area contributed by atoms with E-state index in [0.29, 0.717) is 5.75 Å². The van der Waals surface area contributed by atoms with E-state index in [2.05, 4.69) is 4.72 Å². The molecule has 0 aromatic heterocycles. The van der Waals surface area contributed by atoms with Crippen LogP contribution in [-0.4, -0.2) is 38.3 Å². The van der Waals surface area contributed by atoms with Crippen LogP contribution >= 0.6 is 0 Å². The fraction of sp³-hybridized carbons (Fsp3) is 0.400. The van der Waals surface area contributed by atoms with Crippen LogP contribution in [-0.2, 0) is 20.8 Å². The fourth-order valence-corrected chi connectivity index (χ4v) is 2.87. The minimum Gasteiger partial charge on any atom is -0.495 e. The summed E-state index contributed by atoms with van der Waals surface area (Å²) >= 11 is 0. The Bertz CT molecular complexity index is 543. The van der Waals surface area contributed by atoms with Crippen LogP contribution < -0.4 is 15.2 Å².